The lowest BCUT2D eigenvalue weighted by Gasteiger charge is -2.36. The maximum Gasteiger partial charge on any atom is 0.416 e. The van der Waals surface area contributed by atoms with Crippen LogP contribution in [0.25, 0.3) is 0 Å². The van der Waals surface area contributed by atoms with E-state index < -0.39 is 28.0 Å². The number of nitrogens with one attached hydrogen (secondary N) is 1. The average molecular weight is 443 g/mol. The molecule has 0 aromatic heterocycles. The summed E-state index contributed by atoms with van der Waals surface area (Å²) in [7, 11) is 0. The number of hydrogen-bond donors (Lipinski definition) is 1. The van der Waals surface area contributed by atoms with Crippen LogP contribution in [0.15, 0.2) is 18.2 Å². The molecule has 1 N–H and O–H groups in total. The Morgan fingerprint density at radius 1 is 1.32 bits per heavy atom. The molecule has 1 heterocycles. The van der Waals surface area contributed by atoms with Crippen LogP contribution in [0.5, 0.6) is 0 Å². The van der Waals surface area contributed by atoms with Crippen LogP contribution in [0, 0.1) is 21.4 Å². The molecular formula is C21H28F3N3O4. The predicted molar refractivity (Wildman–Crippen MR) is 109 cm³/mol. The summed E-state index contributed by atoms with van der Waals surface area (Å²) in [5, 5.41) is 14.1. The van der Waals surface area contributed by atoms with Crippen LogP contribution in [0.4, 0.5) is 29.3 Å². The third kappa shape index (κ3) is 5.59. The van der Waals surface area contributed by atoms with E-state index in [4.69, 9.17) is 4.74 Å². The molecule has 1 aliphatic carbocycles. The van der Waals surface area contributed by atoms with Crippen molar-refractivity contribution in [2.75, 3.05) is 25.0 Å². The molecule has 1 aromatic carbocycles. The molecule has 1 aliphatic heterocycles. The Bertz CT molecular complexity index is 853. The van der Waals surface area contributed by atoms with Gasteiger partial charge in [-0.25, -0.2) is 4.79 Å². The van der Waals surface area contributed by atoms with Gasteiger partial charge in [0, 0.05) is 19.2 Å². The number of alkyl halides is 3. The third-order valence-electron chi connectivity index (χ3n) is 5.71. The van der Waals surface area contributed by atoms with Crippen molar-refractivity contribution < 1.29 is 27.6 Å². The zero-order valence-corrected chi connectivity index (χ0v) is 17.9. The summed E-state index contributed by atoms with van der Waals surface area (Å²) in [5.74, 6) is 0.0188. The second-order valence-corrected chi connectivity index (χ2v) is 9.80. The number of anilines is 1. The van der Waals surface area contributed by atoms with E-state index in [0.29, 0.717) is 25.6 Å². The normalized spacial score (nSPS) is 24.4. The Kier molecular flexibility index (Phi) is 6.12. The van der Waals surface area contributed by atoms with Crippen molar-refractivity contribution in [1.82, 2.24) is 4.90 Å². The van der Waals surface area contributed by atoms with Crippen molar-refractivity contribution >= 4 is 17.5 Å². The zero-order valence-electron chi connectivity index (χ0n) is 17.9. The first-order valence-corrected chi connectivity index (χ1v) is 10.4. The van der Waals surface area contributed by atoms with Crippen LogP contribution in [0.1, 0.15) is 52.0 Å². The highest BCUT2D eigenvalue weighted by Gasteiger charge is 2.48. The minimum absolute atomic E-state index is 0.0188. The van der Waals surface area contributed by atoms with Gasteiger partial charge in [-0.15, -0.1) is 0 Å². The van der Waals surface area contributed by atoms with Gasteiger partial charge in [-0.05, 0) is 49.1 Å². The second kappa shape index (κ2) is 8.20. The molecule has 7 nitrogen and oxygen atoms in total. The molecule has 3 rings (SSSR count). The minimum atomic E-state index is -4.59. The monoisotopic (exact) mass is 443 g/mol. The van der Waals surface area contributed by atoms with E-state index in [-0.39, 0.29) is 29.7 Å². The molecular weight excluding hydrogens is 415 g/mol. The highest BCUT2D eigenvalue weighted by molar-refractivity contribution is 5.71. The molecule has 172 valence electrons. The maximum absolute atomic E-state index is 13.0. The second-order valence-electron chi connectivity index (χ2n) is 9.80. The van der Waals surface area contributed by atoms with Gasteiger partial charge in [0.15, 0.2) is 0 Å². The van der Waals surface area contributed by atoms with Gasteiger partial charge in [0.25, 0.3) is 5.69 Å². The summed E-state index contributed by atoms with van der Waals surface area (Å²) < 4.78 is 44.9. The van der Waals surface area contributed by atoms with Crippen molar-refractivity contribution in [3.05, 3.63) is 33.9 Å². The van der Waals surface area contributed by atoms with Crippen molar-refractivity contribution in [2.24, 2.45) is 11.3 Å². The van der Waals surface area contributed by atoms with E-state index in [1.807, 2.05) is 20.8 Å². The van der Waals surface area contributed by atoms with Gasteiger partial charge in [-0.3, -0.25) is 10.1 Å². The van der Waals surface area contributed by atoms with Crippen molar-refractivity contribution in [3.63, 3.8) is 0 Å². The molecule has 2 atom stereocenters. The zero-order chi connectivity index (χ0) is 23.0. The largest absolute Gasteiger partial charge is 0.441 e. The number of halogens is 3. The predicted octanol–water partition coefficient (Wildman–Crippen LogP) is 5.45. The molecule has 0 radical (unpaired) electrons. The molecule has 1 aromatic rings. The van der Waals surface area contributed by atoms with Crippen molar-refractivity contribution in [1.29, 1.82) is 0 Å². The van der Waals surface area contributed by atoms with Gasteiger partial charge in [0.1, 0.15) is 11.3 Å². The maximum atomic E-state index is 13.0. The van der Waals surface area contributed by atoms with Gasteiger partial charge in [-0.2, -0.15) is 13.2 Å². The first-order valence-electron chi connectivity index (χ1n) is 10.4. The molecule has 1 saturated carbocycles. The summed E-state index contributed by atoms with van der Waals surface area (Å²) in [6.07, 6.45) is -2.00. The third-order valence-corrected chi connectivity index (χ3v) is 5.71. The number of nitrogens with zero attached hydrogens (tertiary/aromatic N) is 2. The van der Waals surface area contributed by atoms with Gasteiger partial charge < -0.3 is 15.0 Å². The van der Waals surface area contributed by atoms with Gasteiger partial charge in [0.05, 0.1) is 17.0 Å². The van der Waals surface area contributed by atoms with E-state index in [1.54, 1.807) is 4.90 Å². The smallest absolute Gasteiger partial charge is 0.416 e. The van der Waals surface area contributed by atoms with E-state index in [1.165, 1.54) is 0 Å². The molecule has 2 fully saturated rings. The number of nitro groups is 1. The van der Waals surface area contributed by atoms with E-state index in [0.717, 1.165) is 31.4 Å². The van der Waals surface area contributed by atoms with Gasteiger partial charge in [0.2, 0.25) is 0 Å². The number of benzene rings is 1. The summed E-state index contributed by atoms with van der Waals surface area (Å²) in [4.78, 5) is 24.6. The summed E-state index contributed by atoms with van der Waals surface area (Å²) >= 11 is 0. The number of carbonyl (C=O) groups is 1. The standard InChI is InChI=1S/C21H28F3N3O4/c1-19(2,3)12-26-13-20(31-18(26)28)8-4-5-14(10-20)11-25-16-9-15(21(22,23)24)6-7-17(16)27(29)30/h6-7,9,14,25H,4-5,8,10-13H2,1-3H3. The molecule has 10 heteroatoms. The van der Waals surface area contributed by atoms with Crippen LogP contribution < -0.4 is 5.32 Å². The minimum Gasteiger partial charge on any atom is -0.441 e. The molecule has 1 spiro atoms. The van der Waals surface area contributed by atoms with Crippen LogP contribution in [-0.2, 0) is 10.9 Å². The summed E-state index contributed by atoms with van der Waals surface area (Å²) in [6.45, 7) is 7.46. The number of rotatable bonds is 5. The number of hydrogen-bond acceptors (Lipinski definition) is 5. The fraction of sp³-hybridized carbons (Fsp3) is 0.667. The topological polar surface area (TPSA) is 84.7 Å². The average Bonchev–Trinajstić information content (AvgIpc) is 2.91. The molecule has 31 heavy (non-hydrogen) atoms. The fourth-order valence-corrected chi connectivity index (χ4v) is 4.51. The van der Waals surface area contributed by atoms with Crippen LogP contribution in [0.3, 0.4) is 0 Å². The molecule has 2 aliphatic rings. The van der Waals surface area contributed by atoms with Crippen LogP contribution in [0.2, 0.25) is 0 Å². The molecule has 1 amide bonds. The lowest BCUT2D eigenvalue weighted by molar-refractivity contribution is -0.384. The molecule has 2 unspecified atom stereocenters. The fourth-order valence-electron chi connectivity index (χ4n) is 4.51. The highest BCUT2D eigenvalue weighted by Crippen LogP contribution is 2.41. The quantitative estimate of drug-likeness (QED) is 0.483. The number of amides is 1. The lowest BCUT2D eigenvalue weighted by atomic mass is 9.77. The van der Waals surface area contributed by atoms with E-state index in [2.05, 4.69) is 5.32 Å². The van der Waals surface area contributed by atoms with E-state index >= 15 is 0 Å². The van der Waals surface area contributed by atoms with Crippen molar-refractivity contribution in [2.45, 2.75) is 58.2 Å². The SMILES string of the molecule is CC(C)(C)CN1CC2(CCCC(CNc3cc(C(F)(F)F)ccc3[N+](=O)[O-])C2)OC1=O. The van der Waals surface area contributed by atoms with Crippen LogP contribution in [-0.4, -0.2) is 41.2 Å². The Balaban J connectivity index is 1.69. The Morgan fingerprint density at radius 2 is 2.03 bits per heavy atom. The van der Waals surface area contributed by atoms with Gasteiger partial charge >= 0.3 is 12.3 Å². The first-order chi connectivity index (χ1) is 14.3. The Hall–Kier alpha value is -2.52. The van der Waals surface area contributed by atoms with Gasteiger partial charge in [-0.1, -0.05) is 20.8 Å². The molecule has 1 saturated heterocycles. The highest BCUT2D eigenvalue weighted by atomic mass is 19.4. The Labute approximate surface area is 179 Å². The number of nitro benzene ring substituents is 1. The number of ether oxygens (including phenoxy) is 1. The number of carbonyl (C=O) groups excluding carboxylic acids is 1. The molecule has 0 bridgehead atoms. The summed E-state index contributed by atoms with van der Waals surface area (Å²) in [6, 6.07) is 2.36. The van der Waals surface area contributed by atoms with E-state index in [9.17, 15) is 28.1 Å². The summed E-state index contributed by atoms with van der Waals surface area (Å²) in [5.41, 5.74) is -2.17. The van der Waals surface area contributed by atoms with Crippen LogP contribution >= 0.6 is 0 Å². The Morgan fingerprint density at radius 3 is 2.65 bits per heavy atom. The first kappa shape index (κ1) is 23.1. The van der Waals surface area contributed by atoms with Crippen molar-refractivity contribution in [3.8, 4) is 0 Å². The lowest BCUT2D eigenvalue weighted by Crippen LogP contribution is -2.42.